The second-order valence-electron chi connectivity index (χ2n) is 8.06. The molecule has 2 rings (SSSR count). The van der Waals surface area contributed by atoms with Crippen LogP contribution >= 0.6 is 0 Å². The Labute approximate surface area is 234 Å². The van der Waals surface area contributed by atoms with E-state index < -0.39 is 0 Å². The van der Waals surface area contributed by atoms with Gasteiger partial charge in [-0.3, -0.25) is 9.59 Å². The number of hydrogen-bond acceptors (Lipinski definition) is 4. The molecule has 2 aromatic carbocycles. The molecule has 1 N–H and O–H groups in total. The minimum atomic E-state index is -0.190. The highest BCUT2D eigenvalue weighted by atomic mass is 16.2. The van der Waals surface area contributed by atoms with E-state index in [9.17, 15) is 19.2 Å². The van der Waals surface area contributed by atoms with Crippen LogP contribution in [-0.4, -0.2) is 29.8 Å². The maximum atomic E-state index is 10.5. The summed E-state index contributed by atoms with van der Waals surface area (Å²) in [6.07, 6.45) is 4.89. The SMILES string of the molecule is CCC.CCC.CCC(C)=O.CCCC(C)=O.CCNC(=O)CC(C)=O.c1ccccc1.c1ccccc1. The number of hydrogen-bond donors (Lipinski definition) is 1. The van der Waals surface area contributed by atoms with Crippen molar-refractivity contribution >= 4 is 23.3 Å². The minimum Gasteiger partial charge on any atom is -0.356 e. The van der Waals surface area contributed by atoms with Crippen molar-refractivity contribution in [2.45, 2.75) is 108 Å². The van der Waals surface area contributed by atoms with Crippen LogP contribution in [0, 0.1) is 0 Å². The van der Waals surface area contributed by atoms with Gasteiger partial charge in [0.2, 0.25) is 5.91 Å². The molecular formula is C33H57NO4. The first-order valence-corrected chi connectivity index (χ1v) is 13.8. The van der Waals surface area contributed by atoms with Gasteiger partial charge >= 0.3 is 0 Å². The molecule has 0 atom stereocenters. The number of rotatable bonds is 6. The molecule has 5 nitrogen and oxygen atoms in total. The Morgan fingerprint density at radius 2 is 0.763 bits per heavy atom. The second kappa shape index (κ2) is 44.0. The third-order valence-corrected chi connectivity index (χ3v) is 3.22. The quantitative estimate of drug-likeness (QED) is 0.378. The van der Waals surface area contributed by atoms with Crippen LogP contribution in [0.2, 0.25) is 0 Å². The maximum Gasteiger partial charge on any atom is 0.227 e. The number of carbonyl (C=O) groups is 4. The van der Waals surface area contributed by atoms with Gasteiger partial charge in [0, 0.05) is 19.4 Å². The average Bonchev–Trinajstić information content (AvgIpc) is 2.88. The molecule has 0 radical (unpaired) electrons. The lowest BCUT2D eigenvalue weighted by Gasteiger charge is -1.96. The van der Waals surface area contributed by atoms with E-state index in [1.165, 1.54) is 19.8 Å². The van der Waals surface area contributed by atoms with E-state index in [0.29, 0.717) is 13.0 Å². The van der Waals surface area contributed by atoms with Gasteiger partial charge in [0.25, 0.3) is 0 Å². The van der Waals surface area contributed by atoms with Crippen LogP contribution in [0.4, 0.5) is 0 Å². The fourth-order valence-corrected chi connectivity index (χ4v) is 1.61. The van der Waals surface area contributed by atoms with Gasteiger partial charge in [-0.25, -0.2) is 0 Å². The van der Waals surface area contributed by atoms with Crippen LogP contribution in [0.25, 0.3) is 0 Å². The average molecular weight is 532 g/mol. The minimum absolute atomic E-state index is 0.00778. The number of amides is 1. The molecule has 0 saturated carbocycles. The summed E-state index contributed by atoms with van der Waals surface area (Å²) in [6, 6.07) is 24.0. The smallest absolute Gasteiger partial charge is 0.227 e. The summed E-state index contributed by atoms with van der Waals surface area (Å²) >= 11 is 0. The zero-order chi connectivity index (χ0) is 30.5. The van der Waals surface area contributed by atoms with Gasteiger partial charge in [-0.05, 0) is 34.1 Å². The van der Waals surface area contributed by atoms with Gasteiger partial charge in [-0.2, -0.15) is 0 Å². The fraction of sp³-hybridized carbons (Fsp3) is 0.515. The molecule has 38 heavy (non-hydrogen) atoms. The molecule has 0 saturated heterocycles. The summed E-state index contributed by atoms with van der Waals surface area (Å²) in [5.74, 6) is 0.258. The van der Waals surface area contributed by atoms with Gasteiger partial charge in [0.1, 0.15) is 17.3 Å². The van der Waals surface area contributed by atoms with Crippen molar-refractivity contribution in [2.24, 2.45) is 0 Å². The summed E-state index contributed by atoms with van der Waals surface area (Å²) in [4.78, 5) is 40.6. The van der Waals surface area contributed by atoms with E-state index >= 15 is 0 Å². The van der Waals surface area contributed by atoms with E-state index in [0.717, 1.165) is 12.8 Å². The summed E-state index contributed by atoms with van der Waals surface area (Å²) < 4.78 is 0. The number of ketones is 3. The standard InChI is InChI=1S/C6H11NO2.2C6H6.C5H10O.C4H8O.2C3H8/c1-3-7-6(9)4-5(2)8;2*1-2-4-6-5-3-1;1-3-4-5(2)6;1-3-4(2)5;2*1-3-2/h3-4H2,1-2H3,(H,7,9);2*1-6H;3-4H2,1-2H3;3H2,1-2H3;2*3H2,1-2H3. The molecule has 0 unspecified atom stereocenters. The molecule has 0 bridgehead atoms. The molecular weight excluding hydrogens is 474 g/mol. The molecule has 0 fully saturated rings. The first-order chi connectivity index (χ1) is 18.0. The Morgan fingerprint density at radius 1 is 0.500 bits per heavy atom. The molecule has 0 aliphatic rings. The third-order valence-electron chi connectivity index (χ3n) is 3.22. The topological polar surface area (TPSA) is 80.3 Å². The van der Waals surface area contributed by atoms with E-state index in [2.05, 4.69) is 33.0 Å². The van der Waals surface area contributed by atoms with Gasteiger partial charge in [-0.1, -0.05) is 127 Å². The Kier molecular flexibility index (Phi) is 51.9. The first kappa shape index (κ1) is 44.9. The number of benzene rings is 2. The van der Waals surface area contributed by atoms with Crippen LogP contribution in [0.1, 0.15) is 108 Å². The Balaban J connectivity index is -0.000000115. The number of carbonyl (C=O) groups excluding carboxylic acids is 4. The van der Waals surface area contributed by atoms with Crippen LogP contribution < -0.4 is 5.32 Å². The second-order valence-corrected chi connectivity index (χ2v) is 8.06. The lowest BCUT2D eigenvalue weighted by atomic mass is 10.3. The highest BCUT2D eigenvalue weighted by molar-refractivity contribution is 5.96. The summed E-state index contributed by atoms with van der Waals surface area (Å²) in [6.45, 7) is 19.4. The molecule has 0 spiro atoms. The highest BCUT2D eigenvalue weighted by Crippen LogP contribution is 1.84. The summed E-state index contributed by atoms with van der Waals surface area (Å²) in [7, 11) is 0. The molecule has 2 aromatic rings. The maximum absolute atomic E-state index is 10.5. The van der Waals surface area contributed by atoms with Crippen LogP contribution in [0.15, 0.2) is 72.8 Å². The number of nitrogens with one attached hydrogen (secondary N) is 1. The van der Waals surface area contributed by atoms with Crippen molar-refractivity contribution in [1.82, 2.24) is 5.32 Å². The summed E-state index contributed by atoms with van der Waals surface area (Å²) in [5.41, 5.74) is 0. The monoisotopic (exact) mass is 531 g/mol. The van der Waals surface area contributed by atoms with E-state index in [4.69, 9.17) is 0 Å². The Morgan fingerprint density at radius 3 is 0.868 bits per heavy atom. The van der Waals surface area contributed by atoms with Crippen molar-refractivity contribution in [3.05, 3.63) is 72.8 Å². The first-order valence-electron chi connectivity index (χ1n) is 13.8. The predicted molar refractivity (Wildman–Crippen MR) is 165 cm³/mol. The van der Waals surface area contributed by atoms with Crippen molar-refractivity contribution in [3.63, 3.8) is 0 Å². The van der Waals surface area contributed by atoms with E-state index in [1.54, 1.807) is 13.8 Å². The fourth-order valence-electron chi connectivity index (χ4n) is 1.61. The molecule has 218 valence electrons. The lowest BCUT2D eigenvalue weighted by molar-refractivity contribution is -0.127. The molecule has 0 heterocycles. The van der Waals surface area contributed by atoms with Crippen LogP contribution in [0.5, 0.6) is 0 Å². The van der Waals surface area contributed by atoms with Crippen LogP contribution in [-0.2, 0) is 19.2 Å². The van der Waals surface area contributed by atoms with Crippen molar-refractivity contribution < 1.29 is 19.2 Å². The van der Waals surface area contributed by atoms with Crippen molar-refractivity contribution in [1.29, 1.82) is 0 Å². The van der Waals surface area contributed by atoms with Gasteiger partial charge < -0.3 is 14.9 Å². The molecule has 5 heteroatoms. The predicted octanol–water partition coefficient (Wildman–Crippen LogP) is 8.67. The highest BCUT2D eigenvalue weighted by Gasteiger charge is 2.00. The van der Waals surface area contributed by atoms with Crippen molar-refractivity contribution in [3.8, 4) is 0 Å². The zero-order valence-electron chi connectivity index (χ0n) is 26.0. The Bertz CT molecular complexity index is 629. The molecule has 1 amide bonds. The third kappa shape index (κ3) is 76.6. The zero-order valence-corrected chi connectivity index (χ0v) is 26.0. The lowest BCUT2D eigenvalue weighted by Crippen LogP contribution is -2.24. The van der Waals surface area contributed by atoms with Gasteiger partial charge in [0.05, 0.1) is 6.42 Å². The van der Waals surface area contributed by atoms with Gasteiger partial charge in [-0.15, -0.1) is 0 Å². The Hall–Kier alpha value is -3.08. The largest absolute Gasteiger partial charge is 0.356 e. The number of Topliss-reactive ketones (excluding diaryl/α,β-unsaturated/α-hetero) is 3. The molecule has 0 aliphatic heterocycles. The molecule has 0 aromatic heterocycles. The van der Waals surface area contributed by atoms with E-state index in [1.807, 2.05) is 93.6 Å². The summed E-state index contributed by atoms with van der Waals surface area (Å²) in [5, 5.41) is 2.52. The van der Waals surface area contributed by atoms with Gasteiger partial charge in [0.15, 0.2) is 0 Å². The van der Waals surface area contributed by atoms with Crippen LogP contribution in [0.3, 0.4) is 0 Å². The van der Waals surface area contributed by atoms with Crippen molar-refractivity contribution in [2.75, 3.05) is 6.54 Å². The normalized spacial score (nSPS) is 7.84. The van der Waals surface area contributed by atoms with E-state index in [-0.39, 0.29) is 29.7 Å². The molecule has 0 aliphatic carbocycles.